The summed E-state index contributed by atoms with van der Waals surface area (Å²) >= 11 is 6.57. The normalized spacial score (nSPS) is 18.1. The summed E-state index contributed by atoms with van der Waals surface area (Å²) in [5.74, 6) is -8.16. The minimum absolute atomic E-state index is 0.0421. The molecule has 4 aromatic heterocycles. The fourth-order valence-corrected chi connectivity index (χ4v) is 8.19. The molecule has 1 amide bonds. The van der Waals surface area contributed by atoms with Crippen molar-refractivity contribution in [3.63, 3.8) is 0 Å². The first-order valence-electron chi connectivity index (χ1n) is 16.1. The van der Waals surface area contributed by atoms with Gasteiger partial charge in [0, 0.05) is 41.9 Å². The molecule has 8 rings (SSSR count). The highest BCUT2D eigenvalue weighted by Crippen LogP contribution is 2.68. The van der Waals surface area contributed by atoms with Crippen molar-refractivity contribution in [2.75, 3.05) is 11.0 Å². The molecule has 2 aromatic carbocycles. The lowest BCUT2D eigenvalue weighted by atomic mass is 9.93. The standard InChI is InChI=1S/C34H27ClF6N8O3S/c1-48-30-17(3-4-21(35)27(30)33(46-48)47-53(2,51)52)18-12-23-22(5-6-42-23)44-28(18)24(9-14-7-15(36)10-16(37)8-14)43-25(50)13-49-31-26(29(45-49)32(38)39)19-11-20(19)34(31,40)41/h3-8,10,12,19-20,24,32,42H,9,11,13H2,1-2H3,(H,43,50)(H,46,47)/t19-,20+,24?/m0/s1. The van der Waals surface area contributed by atoms with Crippen LogP contribution >= 0.6 is 11.6 Å². The maximum absolute atomic E-state index is 15.3. The minimum Gasteiger partial charge on any atom is -0.360 e. The zero-order valence-corrected chi connectivity index (χ0v) is 29.1. The lowest BCUT2D eigenvalue weighted by molar-refractivity contribution is -0.123. The van der Waals surface area contributed by atoms with Gasteiger partial charge in [-0.05, 0) is 54.7 Å². The van der Waals surface area contributed by atoms with Gasteiger partial charge in [-0.3, -0.25) is 18.9 Å². The number of aryl methyl sites for hydroxylation is 1. The van der Waals surface area contributed by atoms with E-state index in [9.17, 15) is 30.8 Å². The number of halogens is 7. The summed E-state index contributed by atoms with van der Waals surface area (Å²) < 4.78 is 116. The van der Waals surface area contributed by atoms with Gasteiger partial charge in [-0.1, -0.05) is 17.7 Å². The first kappa shape index (κ1) is 35.0. The SMILES string of the molecule is Cn1nc(NS(C)(=O)=O)c2c(Cl)ccc(-c3cc4[nH]ccc4nc3C(Cc3cc(F)cc(F)c3)NC(=O)Cn3nc(C(F)F)c4c3C(F)(F)[C@@H]3C[C@H]43)c21. The van der Waals surface area contributed by atoms with Crippen molar-refractivity contribution in [1.29, 1.82) is 0 Å². The molecular weight excluding hydrogens is 750 g/mol. The van der Waals surface area contributed by atoms with E-state index in [-0.39, 0.29) is 45.9 Å². The highest BCUT2D eigenvalue weighted by Gasteiger charge is 2.67. The highest BCUT2D eigenvalue weighted by molar-refractivity contribution is 7.92. The van der Waals surface area contributed by atoms with E-state index >= 15 is 8.78 Å². The summed E-state index contributed by atoms with van der Waals surface area (Å²) in [4.78, 5) is 21.7. The number of hydrogen-bond donors (Lipinski definition) is 3. The zero-order valence-electron chi connectivity index (χ0n) is 27.6. The van der Waals surface area contributed by atoms with Gasteiger partial charge in [0.1, 0.15) is 29.6 Å². The van der Waals surface area contributed by atoms with Crippen LogP contribution < -0.4 is 10.0 Å². The van der Waals surface area contributed by atoms with E-state index in [4.69, 9.17) is 16.6 Å². The average molecular weight is 777 g/mol. The van der Waals surface area contributed by atoms with Gasteiger partial charge in [-0.25, -0.2) is 31.0 Å². The average Bonchev–Trinajstić information content (AvgIpc) is 3.28. The van der Waals surface area contributed by atoms with Crippen molar-refractivity contribution in [2.24, 2.45) is 13.0 Å². The van der Waals surface area contributed by atoms with Gasteiger partial charge < -0.3 is 10.3 Å². The van der Waals surface area contributed by atoms with Crippen LogP contribution in [-0.2, 0) is 40.8 Å². The number of sulfonamides is 1. The van der Waals surface area contributed by atoms with Gasteiger partial charge in [0.25, 0.3) is 12.3 Å². The molecule has 0 spiro atoms. The monoisotopic (exact) mass is 776 g/mol. The minimum atomic E-state index is -3.79. The fraction of sp³-hybridized carbons (Fsp3) is 0.294. The molecule has 1 fully saturated rings. The number of alkyl halides is 4. The number of anilines is 1. The summed E-state index contributed by atoms with van der Waals surface area (Å²) in [6.07, 6.45) is -0.806. The van der Waals surface area contributed by atoms with Gasteiger partial charge >= 0.3 is 0 Å². The lowest BCUT2D eigenvalue weighted by Crippen LogP contribution is -2.35. The first-order valence-corrected chi connectivity index (χ1v) is 18.4. The van der Waals surface area contributed by atoms with Gasteiger partial charge in [0.15, 0.2) is 5.82 Å². The molecule has 0 aliphatic heterocycles. The summed E-state index contributed by atoms with van der Waals surface area (Å²) in [6.45, 7) is -0.868. The summed E-state index contributed by atoms with van der Waals surface area (Å²) in [5.41, 5.74) is 0.588. The topological polar surface area (TPSA) is 140 Å². The van der Waals surface area contributed by atoms with Crippen molar-refractivity contribution < 1.29 is 39.6 Å². The number of nitrogens with one attached hydrogen (secondary N) is 3. The molecule has 1 saturated carbocycles. The molecule has 11 nitrogen and oxygen atoms in total. The number of aromatic nitrogens is 6. The Morgan fingerprint density at radius 3 is 2.51 bits per heavy atom. The summed E-state index contributed by atoms with van der Waals surface area (Å²) in [6, 6.07) is 8.06. The van der Waals surface area contributed by atoms with E-state index in [0.717, 1.165) is 18.4 Å². The molecule has 19 heteroatoms. The second-order valence-electron chi connectivity index (χ2n) is 13.3. The number of H-pyrrole nitrogens is 1. The van der Waals surface area contributed by atoms with Gasteiger partial charge in [-0.2, -0.15) is 19.0 Å². The van der Waals surface area contributed by atoms with Crippen LogP contribution in [0.15, 0.2) is 48.7 Å². The molecule has 3 atom stereocenters. The maximum atomic E-state index is 15.3. The number of carbonyl (C=O) groups excluding carboxylic acids is 1. The Labute approximate surface area is 301 Å². The van der Waals surface area contributed by atoms with Crippen molar-refractivity contribution in [1.82, 2.24) is 34.8 Å². The van der Waals surface area contributed by atoms with Crippen LogP contribution in [-0.4, -0.2) is 50.1 Å². The van der Waals surface area contributed by atoms with Crippen LogP contribution in [0.5, 0.6) is 0 Å². The largest absolute Gasteiger partial charge is 0.360 e. The fourth-order valence-electron chi connectivity index (χ4n) is 7.45. The van der Waals surface area contributed by atoms with Crippen LogP contribution in [0.4, 0.5) is 32.2 Å². The second kappa shape index (κ2) is 12.2. The lowest BCUT2D eigenvalue weighted by Gasteiger charge is -2.23. The molecule has 3 N–H and O–H groups in total. The summed E-state index contributed by atoms with van der Waals surface area (Å²) in [7, 11) is -2.24. The van der Waals surface area contributed by atoms with Crippen LogP contribution in [0.2, 0.25) is 5.02 Å². The van der Waals surface area contributed by atoms with E-state index < -0.39 is 75.7 Å². The molecule has 0 radical (unpaired) electrons. The van der Waals surface area contributed by atoms with E-state index in [1.54, 1.807) is 31.4 Å². The number of hydrogen-bond acceptors (Lipinski definition) is 6. The van der Waals surface area contributed by atoms with Crippen molar-refractivity contribution >= 4 is 55.3 Å². The smallest absolute Gasteiger partial charge is 0.293 e. The molecule has 2 aliphatic rings. The second-order valence-corrected chi connectivity index (χ2v) is 15.4. The van der Waals surface area contributed by atoms with Crippen LogP contribution in [0.3, 0.4) is 0 Å². The van der Waals surface area contributed by atoms with Crippen molar-refractivity contribution in [3.05, 3.63) is 93.5 Å². The molecule has 4 heterocycles. The van der Waals surface area contributed by atoms with Gasteiger partial charge in [0.05, 0.1) is 45.0 Å². The molecule has 0 saturated heterocycles. The number of pyridine rings is 1. The quantitative estimate of drug-likeness (QED) is 0.130. The molecule has 53 heavy (non-hydrogen) atoms. The van der Waals surface area contributed by atoms with E-state index in [1.807, 2.05) is 0 Å². The van der Waals surface area contributed by atoms with Gasteiger partial charge in [0.2, 0.25) is 15.9 Å². The highest BCUT2D eigenvalue weighted by atomic mass is 35.5. The molecular formula is C34H27ClF6N8O3S. The summed E-state index contributed by atoms with van der Waals surface area (Å²) in [5, 5.41) is 11.2. The third-order valence-electron chi connectivity index (χ3n) is 9.56. The predicted molar refractivity (Wildman–Crippen MR) is 182 cm³/mol. The number of rotatable bonds is 10. The molecule has 6 aromatic rings. The number of fused-ring (bicyclic) bond motifs is 5. The number of amides is 1. The van der Waals surface area contributed by atoms with Crippen LogP contribution in [0, 0.1) is 17.6 Å². The number of benzene rings is 2. The maximum Gasteiger partial charge on any atom is 0.293 e. The molecule has 1 unspecified atom stereocenters. The van der Waals surface area contributed by atoms with Gasteiger partial charge in [-0.15, -0.1) is 0 Å². The molecule has 2 aliphatic carbocycles. The third-order valence-corrected chi connectivity index (χ3v) is 10.4. The van der Waals surface area contributed by atoms with E-state index in [2.05, 4.69) is 25.2 Å². The van der Waals surface area contributed by atoms with Crippen LogP contribution in [0.1, 0.15) is 53.0 Å². The Kier molecular flexibility index (Phi) is 8.06. The number of nitrogens with zero attached hydrogens (tertiary/aromatic N) is 5. The van der Waals surface area contributed by atoms with Crippen LogP contribution in [0.25, 0.3) is 33.1 Å². The Bertz CT molecular complexity index is 2590. The third kappa shape index (κ3) is 6.06. The zero-order chi connectivity index (χ0) is 37.7. The first-order chi connectivity index (χ1) is 25.0. The molecule has 0 bridgehead atoms. The van der Waals surface area contributed by atoms with Crippen molar-refractivity contribution in [3.8, 4) is 11.1 Å². The molecule has 276 valence electrons. The Hall–Kier alpha value is -5.10. The predicted octanol–water partition coefficient (Wildman–Crippen LogP) is 6.86. The number of carbonyl (C=O) groups is 1. The van der Waals surface area contributed by atoms with E-state index in [0.29, 0.717) is 38.4 Å². The Morgan fingerprint density at radius 2 is 1.81 bits per heavy atom. The Balaban J connectivity index is 1.26. The Morgan fingerprint density at radius 1 is 1.08 bits per heavy atom. The van der Waals surface area contributed by atoms with Crippen molar-refractivity contribution in [2.45, 2.75) is 43.7 Å². The number of aromatic amines is 1. The van der Waals surface area contributed by atoms with E-state index in [1.165, 1.54) is 10.7 Å².